The smallest absolute Gasteiger partial charge is 0.0619 e. The summed E-state index contributed by atoms with van der Waals surface area (Å²) in [4.78, 5) is 2.15. The zero-order valence-corrected chi connectivity index (χ0v) is 30.9. The topological polar surface area (TPSA) is 13.1 Å². The highest BCUT2D eigenvalue weighted by molar-refractivity contribution is 6.24. The second kappa shape index (κ2) is 11.6. The number of rotatable bonds is 4. The third-order valence-electron chi connectivity index (χ3n) is 11.3. The van der Waals surface area contributed by atoms with Gasteiger partial charge in [0.05, 0.1) is 22.1 Å². The molecule has 0 aliphatic carbocycles. The van der Waals surface area contributed by atoms with Crippen molar-refractivity contribution in [2.24, 2.45) is 0 Å². The van der Waals surface area contributed by atoms with Crippen molar-refractivity contribution < 1.29 is 0 Å². The van der Waals surface area contributed by atoms with Gasteiger partial charge < -0.3 is 14.0 Å². The molecular weight excluding hydrogens is 643 g/mol. The van der Waals surface area contributed by atoms with E-state index in [0.717, 1.165) is 5.69 Å². The maximum absolute atomic E-state index is 2.45. The van der Waals surface area contributed by atoms with Crippen LogP contribution >= 0.6 is 0 Å². The van der Waals surface area contributed by atoms with Gasteiger partial charge in [0, 0.05) is 58.1 Å². The van der Waals surface area contributed by atoms with Crippen LogP contribution < -0.4 is 4.90 Å². The van der Waals surface area contributed by atoms with E-state index in [2.05, 4.69) is 207 Å². The minimum absolute atomic E-state index is 0.106. The molecule has 2 heterocycles. The van der Waals surface area contributed by atoms with Crippen LogP contribution in [0.15, 0.2) is 158 Å². The molecular formula is C50H41N3. The normalized spacial score (nSPS) is 12.2. The van der Waals surface area contributed by atoms with Gasteiger partial charge in [0.15, 0.2) is 0 Å². The molecule has 3 heteroatoms. The summed E-state index contributed by atoms with van der Waals surface area (Å²) in [6.45, 7) is 6.82. The van der Waals surface area contributed by atoms with Crippen molar-refractivity contribution in [3.05, 3.63) is 163 Å². The first-order chi connectivity index (χ1) is 25.8. The molecule has 0 fully saturated rings. The van der Waals surface area contributed by atoms with E-state index < -0.39 is 0 Å². The monoisotopic (exact) mass is 683 g/mol. The van der Waals surface area contributed by atoms with Crippen molar-refractivity contribution in [1.29, 1.82) is 0 Å². The first kappa shape index (κ1) is 31.4. The van der Waals surface area contributed by atoms with E-state index in [1.165, 1.54) is 93.2 Å². The molecule has 53 heavy (non-hydrogen) atoms. The molecule has 10 rings (SSSR count). The van der Waals surface area contributed by atoms with E-state index in [9.17, 15) is 0 Å². The number of aromatic nitrogens is 2. The van der Waals surface area contributed by atoms with E-state index in [4.69, 9.17) is 0 Å². The number of benzene rings is 8. The minimum atomic E-state index is 0.106. The summed E-state index contributed by atoms with van der Waals surface area (Å²) < 4.78 is 4.88. The fourth-order valence-corrected chi connectivity index (χ4v) is 8.58. The molecule has 10 aromatic rings. The average Bonchev–Trinajstić information content (AvgIpc) is 3.70. The maximum Gasteiger partial charge on any atom is 0.0619 e. The highest BCUT2D eigenvalue weighted by atomic mass is 15.1. The molecule has 0 spiro atoms. The first-order valence-corrected chi connectivity index (χ1v) is 18.6. The molecule has 0 saturated heterocycles. The first-order valence-electron chi connectivity index (χ1n) is 18.6. The molecule has 0 saturated carbocycles. The Kier molecular flexibility index (Phi) is 6.87. The van der Waals surface area contributed by atoms with Crippen molar-refractivity contribution in [3.8, 4) is 22.5 Å². The van der Waals surface area contributed by atoms with Crippen LogP contribution in [0, 0.1) is 0 Å². The molecule has 0 radical (unpaired) electrons. The van der Waals surface area contributed by atoms with Gasteiger partial charge in [-0.3, -0.25) is 0 Å². The van der Waals surface area contributed by atoms with Gasteiger partial charge in [-0.05, 0) is 98.9 Å². The van der Waals surface area contributed by atoms with E-state index in [1.54, 1.807) is 0 Å². The van der Waals surface area contributed by atoms with Gasteiger partial charge in [-0.25, -0.2) is 0 Å². The zero-order chi connectivity index (χ0) is 36.0. The van der Waals surface area contributed by atoms with Crippen LogP contribution in [-0.4, -0.2) is 23.2 Å². The van der Waals surface area contributed by atoms with E-state index >= 15 is 0 Å². The van der Waals surface area contributed by atoms with Crippen molar-refractivity contribution >= 4 is 70.8 Å². The zero-order valence-electron chi connectivity index (χ0n) is 30.9. The number of nitrogens with zero attached hydrogens (tertiary/aromatic N) is 3. The van der Waals surface area contributed by atoms with Crippen LogP contribution in [0.3, 0.4) is 0 Å². The summed E-state index contributed by atoms with van der Waals surface area (Å²) >= 11 is 0. The van der Waals surface area contributed by atoms with Crippen LogP contribution in [0.4, 0.5) is 5.69 Å². The van der Waals surface area contributed by atoms with Gasteiger partial charge in [-0.15, -0.1) is 0 Å². The third-order valence-corrected chi connectivity index (χ3v) is 11.3. The molecule has 256 valence electrons. The summed E-state index contributed by atoms with van der Waals surface area (Å²) in [5, 5.41) is 10.1. The van der Waals surface area contributed by atoms with Crippen molar-refractivity contribution in [1.82, 2.24) is 9.13 Å². The lowest BCUT2D eigenvalue weighted by Crippen LogP contribution is -2.10. The summed E-state index contributed by atoms with van der Waals surface area (Å²) in [6.07, 6.45) is 0. The Morgan fingerprint density at radius 3 is 1.87 bits per heavy atom. The Morgan fingerprint density at radius 2 is 1.09 bits per heavy atom. The second-order valence-electron chi connectivity index (χ2n) is 15.7. The van der Waals surface area contributed by atoms with Crippen molar-refractivity contribution in [3.63, 3.8) is 0 Å². The van der Waals surface area contributed by atoms with E-state index in [-0.39, 0.29) is 5.41 Å². The molecule has 8 aromatic carbocycles. The van der Waals surface area contributed by atoms with Crippen molar-refractivity contribution in [2.45, 2.75) is 26.2 Å². The van der Waals surface area contributed by atoms with Gasteiger partial charge in [0.1, 0.15) is 0 Å². The fraction of sp³-hybridized carbons (Fsp3) is 0.120. The Bertz CT molecular complexity index is 3040. The van der Waals surface area contributed by atoms with E-state index in [1.807, 2.05) is 0 Å². The molecule has 0 N–H and O–H groups in total. The summed E-state index contributed by atoms with van der Waals surface area (Å²) in [7, 11) is 4.18. The Labute approximate surface area is 309 Å². The van der Waals surface area contributed by atoms with Gasteiger partial charge >= 0.3 is 0 Å². The Morgan fingerprint density at radius 1 is 0.453 bits per heavy atom. The van der Waals surface area contributed by atoms with Crippen LogP contribution in [0.5, 0.6) is 0 Å². The largest absolute Gasteiger partial charge is 0.378 e. The quantitative estimate of drug-likeness (QED) is 0.180. The molecule has 0 aliphatic heterocycles. The maximum atomic E-state index is 2.45. The van der Waals surface area contributed by atoms with Crippen LogP contribution in [-0.2, 0) is 5.41 Å². The van der Waals surface area contributed by atoms with Gasteiger partial charge in [0.2, 0.25) is 0 Å². The van der Waals surface area contributed by atoms with Gasteiger partial charge in [0.25, 0.3) is 0 Å². The lowest BCUT2D eigenvalue weighted by Gasteiger charge is -2.19. The Balaban J connectivity index is 1.20. The number of fused-ring (bicyclic) bond motifs is 10. The average molecular weight is 684 g/mol. The predicted molar refractivity (Wildman–Crippen MR) is 229 cm³/mol. The molecule has 3 nitrogen and oxygen atoms in total. The van der Waals surface area contributed by atoms with Gasteiger partial charge in [-0.2, -0.15) is 0 Å². The predicted octanol–water partition coefficient (Wildman–Crippen LogP) is 13.2. The SMILES string of the molecule is CN(C)c1ccc(-n2c3ccc(-c4cccc5c4ccc4c5c5ccccc5n4-c4ccc(C(C)(C)C)cc4)cc3c3ccc4ccccc4c32)cc1. The number of anilines is 1. The number of hydrogen-bond donors (Lipinski definition) is 0. The lowest BCUT2D eigenvalue weighted by molar-refractivity contribution is 0.590. The second-order valence-corrected chi connectivity index (χ2v) is 15.7. The number of hydrogen-bond acceptors (Lipinski definition) is 1. The standard InChI is InChI=1S/C50H41N3/c1-50(2,3)34-19-21-36(22-20-34)52-45-16-9-8-13-43(45)48-41-15-10-14-38(40(41)28-30-47(48)52)33-18-29-46-44(31-33)42-27-17-32-11-6-7-12-39(32)49(42)53(46)37-25-23-35(24-26-37)51(4)5/h6-31H,1-5H3. The highest BCUT2D eigenvalue weighted by Gasteiger charge is 2.20. The fourth-order valence-electron chi connectivity index (χ4n) is 8.58. The minimum Gasteiger partial charge on any atom is -0.378 e. The summed E-state index contributed by atoms with van der Waals surface area (Å²) in [6, 6.07) is 58.7. The molecule has 0 atom stereocenters. The molecule has 0 amide bonds. The third kappa shape index (κ3) is 4.80. The summed E-state index contributed by atoms with van der Waals surface area (Å²) in [5.74, 6) is 0. The van der Waals surface area contributed by atoms with E-state index in [0.29, 0.717) is 0 Å². The highest BCUT2D eigenvalue weighted by Crippen LogP contribution is 2.43. The summed E-state index contributed by atoms with van der Waals surface area (Å²) in [5.41, 5.74) is 12.4. The van der Waals surface area contributed by atoms with Crippen LogP contribution in [0.1, 0.15) is 26.3 Å². The van der Waals surface area contributed by atoms with Crippen LogP contribution in [0.25, 0.3) is 87.7 Å². The number of para-hydroxylation sites is 1. The molecule has 0 unspecified atom stereocenters. The lowest BCUT2D eigenvalue weighted by atomic mass is 9.87. The molecule has 0 aliphatic rings. The van der Waals surface area contributed by atoms with Gasteiger partial charge in [-0.1, -0.05) is 118 Å². The molecule has 0 bridgehead atoms. The molecule has 2 aromatic heterocycles. The van der Waals surface area contributed by atoms with Crippen molar-refractivity contribution in [2.75, 3.05) is 19.0 Å². The van der Waals surface area contributed by atoms with Crippen LogP contribution in [0.2, 0.25) is 0 Å². The Hall–Kier alpha value is -6.32.